The van der Waals surface area contributed by atoms with Gasteiger partial charge in [-0.3, -0.25) is 0 Å². The third-order valence-electron chi connectivity index (χ3n) is 3.19. The molecule has 19 heavy (non-hydrogen) atoms. The van der Waals surface area contributed by atoms with Gasteiger partial charge in [-0.2, -0.15) is 0 Å². The van der Waals surface area contributed by atoms with Crippen LogP contribution in [0.15, 0.2) is 11.4 Å². The Labute approximate surface area is 116 Å². The van der Waals surface area contributed by atoms with Gasteiger partial charge in [-0.05, 0) is 12.8 Å². The van der Waals surface area contributed by atoms with E-state index in [0.29, 0.717) is 26.1 Å². The van der Waals surface area contributed by atoms with E-state index < -0.39 is 15.6 Å². The third kappa shape index (κ3) is 2.92. The number of nitrogens with one attached hydrogen (secondary N) is 1. The van der Waals surface area contributed by atoms with Gasteiger partial charge in [0.1, 0.15) is 5.15 Å². The van der Waals surface area contributed by atoms with Gasteiger partial charge >= 0.3 is 0 Å². The Bertz CT molecular complexity index is 551. The quantitative estimate of drug-likeness (QED) is 0.809. The average molecular weight is 310 g/mol. The van der Waals surface area contributed by atoms with Gasteiger partial charge in [0, 0.05) is 20.3 Å². The summed E-state index contributed by atoms with van der Waals surface area (Å²) in [5.74, 6) is 0. The lowest BCUT2D eigenvalue weighted by atomic mass is 9.93. The molecule has 1 aromatic heterocycles. The molecular weight excluding hydrogens is 294 g/mol. The molecule has 1 aliphatic rings. The van der Waals surface area contributed by atoms with Crippen molar-refractivity contribution in [2.45, 2.75) is 23.4 Å². The second kappa shape index (κ2) is 5.37. The molecule has 1 aromatic rings. The summed E-state index contributed by atoms with van der Waals surface area (Å²) in [5.41, 5.74) is -0.905. The van der Waals surface area contributed by atoms with E-state index in [1.807, 2.05) is 0 Å². The molecule has 0 radical (unpaired) electrons. The first-order valence-corrected chi connectivity index (χ1v) is 7.66. The highest BCUT2D eigenvalue weighted by Crippen LogP contribution is 2.25. The summed E-state index contributed by atoms with van der Waals surface area (Å²) in [6.07, 6.45) is 2.15. The van der Waals surface area contributed by atoms with Crippen molar-refractivity contribution in [3.8, 4) is 0 Å². The Morgan fingerprint density at radius 3 is 2.68 bits per heavy atom. The molecule has 7 nitrogen and oxygen atoms in total. The molecule has 0 bridgehead atoms. The van der Waals surface area contributed by atoms with Crippen molar-refractivity contribution in [2.75, 3.05) is 19.8 Å². The zero-order valence-electron chi connectivity index (χ0n) is 10.5. The van der Waals surface area contributed by atoms with Crippen LogP contribution in [0, 0.1) is 0 Å². The van der Waals surface area contributed by atoms with E-state index in [1.165, 1.54) is 10.9 Å². The number of hydrogen-bond donors (Lipinski definition) is 2. The Morgan fingerprint density at radius 2 is 2.21 bits per heavy atom. The van der Waals surface area contributed by atoms with Crippen molar-refractivity contribution in [3.05, 3.63) is 11.5 Å². The third-order valence-corrected chi connectivity index (χ3v) is 5.26. The Hall–Kier alpha value is -0.670. The molecule has 2 heterocycles. The van der Waals surface area contributed by atoms with Crippen molar-refractivity contribution >= 4 is 21.6 Å². The molecule has 1 aliphatic heterocycles. The van der Waals surface area contributed by atoms with Crippen molar-refractivity contribution in [3.63, 3.8) is 0 Å². The molecule has 0 saturated carbocycles. The van der Waals surface area contributed by atoms with Crippen LogP contribution in [0.4, 0.5) is 0 Å². The number of imidazole rings is 1. The molecule has 0 aliphatic carbocycles. The van der Waals surface area contributed by atoms with E-state index in [9.17, 15) is 13.5 Å². The Balaban J connectivity index is 2.28. The van der Waals surface area contributed by atoms with Crippen LogP contribution >= 0.6 is 11.6 Å². The number of aliphatic hydroxyl groups is 1. The highest BCUT2D eigenvalue weighted by molar-refractivity contribution is 7.89. The molecule has 0 unspecified atom stereocenters. The summed E-state index contributed by atoms with van der Waals surface area (Å²) in [4.78, 5) is 3.79. The van der Waals surface area contributed by atoms with Crippen molar-refractivity contribution in [1.29, 1.82) is 0 Å². The minimum Gasteiger partial charge on any atom is -0.394 e. The average Bonchev–Trinajstić information content (AvgIpc) is 2.71. The van der Waals surface area contributed by atoms with Crippen LogP contribution in [-0.2, 0) is 21.8 Å². The molecule has 9 heteroatoms. The molecule has 1 saturated heterocycles. The zero-order valence-corrected chi connectivity index (χ0v) is 12.0. The second-order valence-corrected chi connectivity index (χ2v) is 6.56. The van der Waals surface area contributed by atoms with E-state index in [2.05, 4.69) is 9.71 Å². The van der Waals surface area contributed by atoms with Gasteiger partial charge in [-0.25, -0.2) is 18.1 Å². The van der Waals surface area contributed by atoms with Crippen molar-refractivity contribution in [1.82, 2.24) is 14.3 Å². The number of aliphatic hydroxyl groups excluding tert-OH is 1. The number of aryl methyl sites for hydroxylation is 1. The summed E-state index contributed by atoms with van der Waals surface area (Å²) >= 11 is 5.89. The topological polar surface area (TPSA) is 93.5 Å². The predicted octanol–water partition coefficient (Wildman–Crippen LogP) is -0.107. The van der Waals surface area contributed by atoms with Crippen LogP contribution in [0.25, 0.3) is 0 Å². The van der Waals surface area contributed by atoms with E-state index in [-0.39, 0.29) is 16.8 Å². The predicted molar refractivity (Wildman–Crippen MR) is 68.4 cm³/mol. The first-order valence-electron chi connectivity index (χ1n) is 5.80. The van der Waals surface area contributed by atoms with E-state index in [1.54, 1.807) is 7.05 Å². The van der Waals surface area contributed by atoms with E-state index in [0.717, 1.165) is 0 Å². The summed E-state index contributed by atoms with van der Waals surface area (Å²) in [5, 5.41) is 9.29. The van der Waals surface area contributed by atoms with Crippen LogP contribution in [0.1, 0.15) is 12.8 Å². The second-order valence-electron chi connectivity index (χ2n) is 4.61. The van der Waals surface area contributed by atoms with Gasteiger partial charge in [-0.1, -0.05) is 11.6 Å². The SMILES string of the molecule is Cn1cnc(S(=O)(=O)NC2(CO)CCOCC2)c1Cl. The lowest BCUT2D eigenvalue weighted by Crippen LogP contribution is -2.54. The maximum Gasteiger partial charge on any atom is 0.261 e. The van der Waals surface area contributed by atoms with Gasteiger partial charge in [0.2, 0.25) is 5.03 Å². The van der Waals surface area contributed by atoms with Crippen LogP contribution in [0.5, 0.6) is 0 Å². The standard InChI is InChI=1S/C10H16ClN3O4S/c1-14-7-12-9(8(14)11)19(16,17)13-10(6-15)2-4-18-5-3-10/h7,13,15H,2-6H2,1H3. The van der Waals surface area contributed by atoms with Crippen molar-refractivity contribution in [2.24, 2.45) is 7.05 Å². The lowest BCUT2D eigenvalue weighted by Gasteiger charge is -2.35. The van der Waals surface area contributed by atoms with Gasteiger partial charge in [0.05, 0.1) is 18.5 Å². The number of aromatic nitrogens is 2. The first-order chi connectivity index (χ1) is 8.90. The number of halogens is 1. The van der Waals surface area contributed by atoms with Gasteiger partial charge in [-0.15, -0.1) is 0 Å². The minimum absolute atomic E-state index is 0.0349. The van der Waals surface area contributed by atoms with Crippen LogP contribution in [0.3, 0.4) is 0 Å². The number of hydrogen-bond acceptors (Lipinski definition) is 5. The Morgan fingerprint density at radius 1 is 1.58 bits per heavy atom. The fraction of sp³-hybridized carbons (Fsp3) is 0.700. The highest BCUT2D eigenvalue weighted by Gasteiger charge is 2.38. The zero-order chi connectivity index (χ0) is 14.1. The molecule has 0 amide bonds. The minimum atomic E-state index is -3.87. The smallest absolute Gasteiger partial charge is 0.261 e. The fourth-order valence-electron chi connectivity index (χ4n) is 1.96. The van der Waals surface area contributed by atoms with E-state index in [4.69, 9.17) is 16.3 Å². The maximum atomic E-state index is 12.3. The van der Waals surface area contributed by atoms with Crippen molar-refractivity contribution < 1.29 is 18.3 Å². The number of ether oxygens (including phenoxy) is 1. The molecular formula is C10H16ClN3O4S. The lowest BCUT2D eigenvalue weighted by molar-refractivity contribution is 0.0222. The summed E-state index contributed by atoms with van der Waals surface area (Å²) in [6, 6.07) is 0. The van der Waals surface area contributed by atoms with Gasteiger partial charge in [0.25, 0.3) is 10.0 Å². The highest BCUT2D eigenvalue weighted by atomic mass is 35.5. The van der Waals surface area contributed by atoms with Crippen LogP contribution in [-0.4, -0.2) is 48.4 Å². The first kappa shape index (κ1) is 14.7. The molecule has 1 fully saturated rings. The van der Waals surface area contributed by atoms with E-state index >= 15 is 0 Å². The van der Waals surface area contributed by atoms with Crippen LogP contribution in [0.2, 0.25) is 5.15 Å². The molecule has 2 rings (SSSR count). The van der Waals surface area contributed by atoms with Gasteiger partial charge < -0.3 is 14.4 Å². The fourth-order valence-corrected chi connectivity index (χ4v) is 3.85. The molecule has 0 aromatic carbocycles. The molecule has 108 valence electrons. The monoisotopic (exact) mass is 309 g/mol. The Kier molecular flexibility index (Phi) is 4.17. The van der Waals surface area contributed by atoms with Crippen LogP contribution < -0.4 is 4.72 Å². The molecule has 2 N–H and O–H groups in total. The summed E-state index contributed by atoms with van der Waals surface area (Å²) in [7, 11) is -2.27. The number of nitrogens with zero attached hydrogens (tertiary/aromatic N) is 2. The summed E-state index contributed by atoms with van der Waals surface area (Å²) < 4.78 is 33.7. The summed E-state index contributed by atoms with van der Waals surface area (Å²) in [6.45, 7) is 0.512. The molecule has 0 spiro atoms. The number of rotatable bonds is 4. The normalized spacial score (nSPS) is 19.5. The number of sulfonamides is 1. The largest absolute Gasteiger partial charge is 0.394 e. The van der Waals surface area contributed by atoms with Gasteiger partial charge in [0.15, 0.2) is 0 Å². The maximum absolute atomic E-state index is 12.3. The molecule has 0 atom stereocenters.